The zero-order chi connectivity index (χ0) is 22.9. The van der Waals surface area contributed by atoms with Crippen LogP contribution in [0.2, 0.25) is 0 Å². The first-order valence-corrected chi connectivity index (χ1v) is 12.8. The van der Waals surface area contributed by atoms with E-state index in [-0.39, 0.29) is 0 Å². The first-order valence-electron chi connectivity index (χ1n) is 12.8. The summed E-state index contributed by atoms with van der Waals surface area (Å²) in [6.45, 7) is 4.18. The van der Waals surface area contributed by atoms with Crippen LogP contribution in [-0.2, 0) is 19.6 Å². The van der Waals surface area contributed by atoms with E-state index in [1.165, 1.54) is 54.3 Å². The normalized spacial score (nSPS) is 15.9. The number of nitrogens with zero attached hydrogens (tertiary/aromatic N) is 2. The zero-order valence-corrected chi connectivity index (χ0v) is 19.9. The molecule has 34 heavy (non-hydrogen) atoms. The molecule has 4 heteroatoms. The second kappa shape index (κ2) is 9.17. The molecule has 174 valence electrons. The number of pyridine rings is 1. The Bertz CT molecular complexity index is 1300. The van der Waals surface area contributed by atoms with E-state index in [0.717, 1.165) is 41.4 Å². The molecule has 2 aromatic heterocycles. The van der Waals surface area contributed by atoms with Crippen LogP contribution in [0.1, 0.15) is 61.8 Å². The maximum atomic E-state index is 6.30. The second-order valence-electron chi connectivity index (χ2n) is 9.56. The largest absolute Gasteiger partial charge is 0.491 e. The minimum atomic E-state index is 0.553. The van der Waals surface area contributed by atoms with Crippen molar-refractivity contribution in [3.63, 3.8) is 0 Å². The summed E-state index contributed by atoms with van der Waals surface area (Å²) in [5.74, 6) is 2.35. The summed E-state index contributed by atoms with van der Waals surface area (Å²) in [5, 5.41) is 1.33. The van der Waals surface area contributed by atoms with E-state index < -0.39 is 0 Å². The summed E-state index contributed by atoms with van der Waals surface area (Å²) < 4.78 is 14.9. The van der Waals surface area contributed by atoms with Crippen molar-refractivity contribution >= 4 is 11.0 Å². The number of benzene rings is 2. The second-order valence-corrected chi connectivity index (χ2v) is 9.56. The summed E-state index contributed by atoms with van der Waals surface area (Å²) in [7, 11) is 0. The van der Waals surface area contributed by atoms with Crippen molar-refractivity contribution in [2.45, 2.75) is 64.5 Å². The van der Waals surface area contributed by atoms with Crippen LogP contribution in [0.4, 0.5) is 0 Å². The fourth-order valence-corrected chi connectivity index (χ4v) is 5.69. The number of rotatable bonds is 5. The smallest absolute Gasteiger partial charge is 0.141 e. The third-order valence-corrected chi connectivity index (χ3v) is 7.41. The molecule has 1 aliphatic heterocycles. The van der Waals surface area contributed by atoms with Gasteiger partial charge in [-0.05, 0) is 60.6 Å². The Morgan fingerprint density at radius 1 is 1.00 bits per heavy atom. The van der Waals surface area contributed by atoms with E-state index in [0.29, 0.717) is 19.1 Å². The van der Waals surface area contributed by atoms with Gasteiger partial charge in [0.25, 0.3) is 0 Å². The van der Waals surface area contributed by atoms with Crippen molar-refractivity contribution in [1.29, 1.82) is 0 Å². The summed E-state index contributed by atoms with van der Waals surface area (Å²) in [5.41, 5.74) is 7.39. The van der Waals surface area contributed by atoms with Crippen LogP contribution in [-0.4, -0.2) is 16.2 Å². The monoisotopic (exact) mass is 452 g/mol. The van der Waals surface area contributed by atoms with Crippen molar-refractivity contribution in [2.24, 2.45) is 0 Å². The fraction of sp³-hybridized carbons (Fsp3) is 0.367. The van der Waals surface area contributed by atoms with Gasteiger partial charge in [-0.1, -0.05) is 56.5 Å². The molecular formula is C30H32N2O2. The molecule has 2 aliphatic rings. The van der Waals surface area contributed by atoms with Crippen molar-refractivity contribution in [2.75, 3.05) is 6.61 Å². The SMILES string of the molecule is CCc1ccc2c(C3CCCCC3)c3n(c2n1)CCOc1cc(OCc2ccccc2)ccc1-3. The lowest BCUT2D eigenvalue weighted by molar-refractivity contribution is 0.292. The van der Waals surface area contributed by atoms with Gasteiger partial charge in [-0.25, -0.2) is 4.98 Å². The van der Waals surface area contributed by atoms with Crippen LogP contribution in [0.3, 0.4) is 0 Å². The topological polar surface area (TPSA) is 36.3 Å². The van der Waals surface area contributed by atoms with Gasteiger partial charge < -0.3 is 14.0 Å². The van der Waals surface area contributed by atoms with Crippen LogP contribution in [0.25, 0.3) is 22.3 Å². The molecular weight excluding hydrogens is 420 g/mol. The van der Waals surface area contributed by atoms with Crippen LogP contribution in [0, 0.1) is 0 Å². The fourth-order valence-electron chi connectivity index (χ4n) is 5.69. The Morgan fingerprint density at radius 2 is 1.85 bits per heavy atom. The minimum Gasteiger partial charge on any atom is -0.491 e. The Balaban J connectivity index is 1.45. The predicted octanol–water partition coefficient (Wildman–Crippen LogP) is 7.28. The van der Waals surface area contributed by atoms with Gasteiger partial charge in [0.05, 0.1) is 12.2 Å². The van der Waals surface area contributed by atoms with Crippen molar-refractivity contribution in [3.8, 4) is 22.8 Å². The lowest BCUT2D eigenvalue weighted by Crippen LogP contribution is -2.08. The molecule has 3 heterocycles. The van der Waals surface area contributed by atoms with Crippen LogP contribution < -0.4 is 9.47 Å². The van der Waals surface area contributed by atoms with E-state index in [4.69, 9.17) is 14.5 Å². The number of fused-ring (bicyclic) bond motifs is 5. The third kappa shape index (κ3) is 3.85. The highest BCUT2D eigenvalue weighted by Gasteiger charge is 2.30. The Morgan fingerprint density at radius 3 is 2.68 bits per heavy atom. The Hall–Kier alpha value is -3.27. The van der Waals surface area contributed by atoms with Crippen molar-refractivity contribution in [3.05, 3.63) is 77.5 Å². The Labute approximate surface area is 201 Å². The third-order valence-electron chi connectivity index (χ3n) is 7.41. The van der Waals surface area contributed by atoms with E-state index in [1.807, 2.05) is 18.2 Å². The van der Waals surface area contributed by atoms with Crippen LogP contribution >= 0.6 is 0 Å². The quantitative estimate of drug-likeness (QED) is 0.319. The van der Waals surface area contributed by atoms with Gasteiger partial charge in [-0.3, -0.25) is 0 Å². The molecule has 0 atom stereocenters. The standard InChI is InChI=1S/C30H32N2O2/c1-2-23-13-15-26-28(22-11-7-4-8-12-22)29-25-16-14-24(34-20-21-9-5-3-6-10-21)19-27(25)33-18-17-32(29)30(26)31-23/h3,5-6,9-10,13-16,19,22H,2,4,7-8,11-12,17-18,20H2,1H3. The highest BCUT2D eigenvalue weighted by molar-refractivity contribution is 5.92. The van der Waals surface area contributed by atoms with E-state index >= 15 is 0 Å². The molecule has 0 amide bonds. The maximum absolute atomic E-state index is 6.30. The van der Waals surface area contributed by atoms with Gasteiger partial charge in [0.15, 0.2) is 0 Å². The van der Waals surface area contributed by atoms with Crippen molar-refractivity contribution < 1.29 is 9.47 Å². The summed E-state index contributed by atoms with van der Waals surface area (Å²) in [6, 6.07) is 21.2. The van der Waals surface area contributed by atoms with E-state index in [1.54, 1.807) is 0 Å². The van der Waals surface area contributed by atoms with Gasteiger partial charge in [-0.15, -0.1) is 0 Å². The highest BCUT2D eigenvalue weighted by atomic mass is 16.5. The molecule has 6 rings (SSSR count). The molecule has 0 bridgehead atoms. The van der Waals surface area contributed by atoms with Gasteiger partial charge in [0.1, 0.15) is 30.4 Å². The highest BCUT2D eigenvalue weighted by Crippen LogP contribution is 2.47. The number of hydrogen-bond acceptors (Lipinski definition) is 3. The molecule has 0 saturated heterocycles. The van der Waals surface area contributed by atoms with Gasteiger partial charge in [0, 0.05) is 22.7 Å². The number of aryl methyl sites for hydroxylation is 1. The molecule has 0 spiro atoms. The lowest BCUT2D eigenvalue weighted by Gasteiger charge is -2.23. The molecule has 1 saturated carbocycles. The summed E-state index contributed by atoms with van der Waals surface area (Å²) in [6.07, 6.45) is 7.45. The average molecular weight is 453 g/mol. The molecule has 2 aromatic carbocycles. The van der Waals surface area contributed by atoms with Crippen molar-refractivity contribution in [1.82, 2.24) is 9.55 Å². The number of hydrogen-bond donors (Lipinski definition) is 0. The molecule has 4 nitrogen and oxygen atoms in total. The van der Waals surface area contributed by atoms with E-state index in [9.17, 15) is 0 Å². The average Bonchev–Trinajstić information content (AvgIpc) is 3.09. The molecule has 0 radical (unpaired) electrons. The molecule has 4 aromatic rings. The van der Waals surface area contributed by atoms with Gasteiger partial charge in [-0.2, -0.15) is 0 Å². The first-order chi connectivity index (χ1) is 16.8. The number of aromatic nitrogens is 2. The summed E-state index contributed by atoms with van der Waals surface area (Å²) >= 11 is 0. The first kappa shape index (κ1) is 21.3. The molecule has 0 N–H and O–H groups in total. The molecule has 1 fully saturated rings. The lowest BCUT2D eigenvalue weighted by atomic mass is 9.82. The van der Waals surface area contributed by atoms with Crippen LogP contribution in [0.15, 0.2) is 60.7 Å². The van der Waals surface area contributed by atoms with Gasteiger partial charge in [0.2, 0.25) is 0 Å². The predicted molar refractivity (Wildman–Crippen MR) is 137 cm³/mol. The number of ether oxygens (including phenoxy) is 2. The van der Waals surface area contributed by atoms with E-state index in [2.05, 4.69) is 54.0 Å². The molecule has 0 unspecified atom stereocenters. The van der Waals surface area contributed by atoms with Crippen LogP contribution in [0.5, 0.6) is 11.5 Å². The Kier molecular flexibility index (Phi) is 5.74. The summed E-state index contributed by atoms with van der Waals surface area (Å²) in [4.78, 5) is 5.10. The minimum absolute atomic E-state index is 0.553. The zero-order valence-electron chi connectivity index (χ0n) is 19.9. The van der Waals surface area contributed by atoms with Gasteiger partial charge >= 0.3 is 0 Å². The molecule has 1 aliphatic carbocycles. The maximum Gasteiger partial charge on any atom is 0.141 e.